The molecule has 110 valence electrons. The molecule has 2 atom stereocenters. The molecule has 1 saturated heterocycles. The molecule has 1 heterocycles. The fraction of sp³-hybridized carbons (Fsp3) is 0.167. The van der Waals surface area contributed by atoms with Crippen molar-refractivity contribution in [2.75, 3.05) is 5.73 Å². The van der Waals surface area contributed by atoms with Crippen molar-refractivity contribution in [3.63, 3.8) is 0 Å². The molecule has 3 aliphatic rings. The number of hydrogen-bond donors (Lipinski definition) is 2. The second kappa shape index (κ2) is 3.09. The summed E-state index contributed by atoms with van der Waals surface area (Å²) in [5.74, 6) is -11.5. The number of nitrogens with two attached hydrogens (primary N) is 2. The molecular formula is C12H4F6N2O. The van der Waals surface area contributed by atoms with Crippen molar-refractivity contribution in [3.8, 4) is 0 Å². The molecule has 1 aliphatic heterocycles. The molecule has 3 nitrogen and oxygen atoms in total. The maximum absolute atomic E-state index is 14.4. The Bertz CT molecular complexity index is 832. The summed E-state index contributed by atoms with van der Waals surface area (Å²) >= 11 is 0. The molecule has 0 amide bonds. The molecule has 4 N–H and O–H groups in total. The van der Waals surface area contributed by atoms with Crippen LogP contribution in [0, 0.1) is 17.5 Å². The Morgan fingerprint density at radius 3 is 2.14 bits per heavy atom. The number of nitrogen functional groups attached to an aromatic ring is 1. The van der Waals surface area contributed by atoms with E-state index in [1.54, 1.807) is 0 Å². The number of hydrogen-bond acceptors (Lipinski definition) is 3. The van der Waals surface area contributed by atoms with Gasteiger partial charge in [-0.3, -0.25) is 5.73 Å². The average molecular weight is 306 g/mol. The second-order valence-electron chi connectivity index (χ2n) is 4.92. The van der Waals surface area contributed by atoms with Crippen molar-refractivity contribution in [1.29, 1.82) is 0 Å². The summed E-state index contributed by atoms with van der Waals surface area (Å²) in [6, 6.07) is 0. The van der Waals surface area contributed by atoms with Crippen molar-refractivity contribution in [1.82, 2.24) is 0 Å². The first-order chi connectivity index (χ1) is 9.67. The van der Waals surface area contributed by atoms with Gasteiger partial charge in [0.2, 0.25) is 5.72 Å². The largest absolute Gasteiger partial charge is 0.394 e. The van der Waals surface area contributed by atoms with Gasteiger partial charge in [-0.05, 0) is 0 Å². The van der Waals surface area contributed by atoms with Gasteiger partial charge in [-0.1, -0.05) is 0 Å². The summed E-state index contributed by atoms with van der Waals surface area (Å²) in [4.78, 5) is 0. The minimum absolute atomic E-state index is 0.793. The highest BCUT2D eigenvalue weighted by molar-refractivity contribution is 6.14. The van der Waals surface area contributed by atoms with Gasteiger partial charge in [0, 0.05) is 22.3 Å². The topological polar surface area (TPSA) is 64.6 Å². The SMILES string of the molecule is Nc1c(F)c(F)c2c(c1F)C1=C2C(F)=C(F)C2(N)OC12F. The van der Waals surface area contributed by atoms with Crippen molar-refractivity contribution in [3.05, 3.63) is 40.2 Å². The number of allylic oxidation sites excluding steroid dienone is 2. The van der Waals surface area contributed by atoms with Crippen LogP contribution in [0.3, 0.4) is 0 Å². The number of alkyl halides is 1. The third-order valence-electron chi connectivity index (χ3n) is 3.90. The Balaban J connectivity index is 2.09. The zero-order valence-electron chi connectivity index (χ0n) is 9.83. The number of epoxide rings is 1. The maximum atomic E-state index is 14.4. The van der Waals surface area contributed by atoms with E-state index in [1.807, 2.05) is 0 Å². The number of halogens is 6. The predicted molar refractivity (Wildman–Crippen MR) is 58.6 cm³/mol. The predicted octanol–water partition coefficient (Wildman–Crippen LogP) is 2.43. The molecule has 9 heteroatoms. The second-order valence-corrected chi connectivity index (χ2v) is 4.92. The van der Waals surface area contributed by atoms with Gasteiger partial charge in [0.15, 0.2) is 29.1 Å². The number of rotatable bonds is 0. The van der Waals surface area contributed by atoms with Gasteiger partial charge >= 0.3 is 0 Å². The van der Waals surface area contributed by atoms with Gasteiger partial charge in [-0.15, -0.1) is 0 Å². The minimum Gasteiger partial charge on any atom is -0.394 e. The van der Waals surface area contributed by atoms with Gasteiger partial charge in [0.05, 0.1) is 0 Å². The van der Waals surface area contributed by atoms with Gasteiger partial charge in [-0.2, -0.15) is 0 Å². The summed E-state index contributed by atoms with van der Waals surface area (Å²) in [5.41, 5.74) is 2.85. The summed E-state index contributed by atoms with van der Waals surface area (Å²) in [5, 5.41) is 0. The molecule has 0 spiro atoms. The molecule has 1 aromatic carbocycles. The number of ether oxygens (including phenoxy) is 1. The Kier molecular flexibility index (Phi) is 1.87. The molecule has 0 radical (unpaired) electrons. The van der Waals surface area contributed by atoms with E-state index in [0.29, 0.717) is 0 Å². The molecular weight excluding hydrogens is 302 g/mol. The number of fused-ring (bicyclic) bond motifs is 5. The number of anilines is 1. The lowest BCUT2D eigenvalue weighted by Crippen LogP contribution is -2.40. The number of benzene rings is 1. The molecule has 1 fully saturated rings. The van der Waals surface area contributed by atoms with Gasteiger partial charge in [0.1, 0.15) is 5.69 Å². The van der Waals surface area contributed by atoms with Gasteiger partial charge < -0.3 is 10.5 Å². The van der Waals surface area contributed by atoms with E-state index in [1.165, 1.54) is 0 Å². The lowest BCUT2D eigenvalue weighted by Gasteiger charge is -2.32. The zero-order valence-corrected chi connectivity index (χ0v) is 9.83. The van der Waals surface area contributed by atoms with E-state index in [0.717, 1.165) is 0 Å². The molecule has 0 saturated carbocycles. The first-order valence-electron chi connectivity index (χ1n) is 5.62. The van der Waals surface area contributed by atoms with E-state index in [4.69, 9.17) is 11.5 Å². The van der Waals surface area contributed by atoms with Crippen LogP contribution in [0.5, 0.6) is 0 Å². The third kappa shape index (κ3) is 1.03. The van der Waals surface area contributed by atoms with Crippen molar-refractivity contribution in [2.45, 2.75) is 11.6 Å². The maximum Gasteiger partial charge on any atom is 0.288 e. The lowest BCUT2D eigenvalue weighted by molar-refractivity contribution is 0.197. The van der Waals surface area contributed by atoms with Crippen LogP contribution in [0.2, 0.25) is 0 Å². The highest BCUT2D eigenvalue weighted by Gasteiger charge is 2.80. The molecule has 0 aromatic heterocycles. The smallest absolute Gasteiger partial charge is 0.288 e. The van der Waals surface area contributed by atoms with E-state index < -0.39 is 68.6 Å². The average Bonchev–Trinajstić information content (AvgIpc) is 2.96. The minimum atomic E-state index is -3.04. The monoisotopic (exact) mass is 306 g/mol. The fourth-order valence-electron chi connectivity index (χ4n) is 2.77. The Morgan fingerprint density at radius 2 is 1.52 bits per heavy atom. The van der Waals surface area contributed by atoms with Crippen LogP contribution >= 0.6 is 0 Å². The van der Waals surface area contributed by atoms with Crippen molar-refractivity contribution < 1.29 is 31.1 Å². The lowest BCUT2D eigenvalue weighted by atomic mass is 9.72. The Labute approximate surface area is 112 Å². The summed E-state index contributed by atoms with van der Waals surface area (Å²) in [6.07, 6.45) is 0. The van der Waals surface area contributed by atoms with Crippen LogP contribution in [0.15, 0.2) is 11.7 Å². The van der Waals surface area contributed by atoms with Crippen LogP contribution in [0.25, 0.3) is 11.1 Å². The first-order valence-corrected chi connectivity index (χ1v) is 5.62. The van der Waals surface area contributed by atoms with Crippen LogP contribution in [-0.4, -0.2) is 11.6 Å². The van der Waals surface area contributed by atoms with E-state index >= 15 is 0 Å². The molecule has 0 bridgehead atoms. The highest BCUT2D eigenvalue weighted by atomic mass is 19.2. The first kappa shape index (κ1) is 12.7. The van der Waals surface area contributed by atoms with Crippen LogP contribution in [0.4, 0.5) is 32.0 Å². The molecule has 1 aromatic rings. The normalized spacial score (nSPS) is 32.5. The van der Waals surface area contributed by atoms with E-state index in [9.17, 15) is 26.3 Å². The van der Waals surface area contributed by atoms with Crippen LogP contribution in [-0.2, 0) is 4.74 Å². The third-order valence-corrected chi connectivity index (χ3v) is 3.90. The molecule has 4 rings (SSSR count). The van der Waals surface area contributed by atoms with Gasteiger partial charge in [0.25, 0.3) is 5.85 Å². The van der Waals surface area contributed by atoms with E-state index in [2.05, 4.69) is 4.74 Å². The quantitative estimate of drug-likeness (QED) is 0.335. The van der Waals surface area contributed by atoms with Crippen LogP contribution in [0.1, 0.15) is 11.1 Å². The Morgan fingerprint density at radius 1 is 0.905 bits per heavy atom. The van der Waals surface area contributed by atoms with E-state index in [-0.39, 0.29) is 0 Å². The summed E-state index contributed by atoms with van der Waals surface area (Å²) in [7, 11) is 0. The van der Waals surface area contributed by atoms with Crippen molar-refractivity contribution in [2.24, 2.45) is 5.73 Å². The van der Waals surface area contributed by atoms with Crippen LogP contribution < -0.4 is 11.5 Å². The highest BCUT2D eigenvalue weighted by Crippen LogP contribution is 2.69. The molecule has 2 aliphatic carbocycles. The van der Waals surface area contributed by atoms with Gasteiger partial charge in [-0.25, -0.2) is 26.3 Å². The Hall–Kier alpha value is -2.00. The fourth-order valence-corrected chi connectivity index (χ4v) is 2.77. The zero-order chi connectivity index (χ0) is 15.5. The molecule has 2 unspecified atom stereocenters. The standard InChI is InChI=1S/C12H4F6N2O/c13-5-1-2(6(14)9(19)8(5)16)4-3(1)7(15)10(17)12(20)11(4,18)21-12/h19-20H2. The van der Waals surface area contributed by atoms with Crippen molar-refractivity contribution >= 4 is 16.8 Å². The summed E-state index contributed by atoms with van der Waals surface area (Å²) in [6.45, 7) is 0. The summed E-state index contributed by atoms with van der Waals surface area (Å²) < 4.78 is 87.3. The molecule has 21 heavy (non-hydrogen) atoms.